The van der Waals surface area contributed by atoms with E-state index in [0.29, 0.717) is 0 Å². The molecule has 2 aliphatic rings. The van der Waals surface area contributed by atoms with Crippen LogP contribution in [0.5, 0.6) is 0 Å². The maximum absolute atomic E-state index is 12.7. The average molecular weight is 881 g/mol. The van der Waals surface area contributed by atoms with Crippen LogP contribution in [0.25, 0.3) is 22.3 Å². The second kappa shape index (κ2) is 15.1. The number of phosphoric acid groups is 2. The molecule has 0 radical (unpaired) electrons. The highest BCUT2D eigenvalue weighted by atomic mass is 31.3. The monoisotopic (exact) mass is 881 g/mol. The molecule has 0 aliphatic carbocycles. The van der Waals surface area contributed by atoms with E-state index in [1.165, 1.54) is 17.9 Å². The van der Waals surface area contributed by atoms with E-state index in [0.717, 1.165) is 15.5 Å². The third kappa shape index (κ3) is 8.73. The van der Waals surface area contributed by atoms with Gasteiger partial charge in [-0.25, -0.2) is 23.0 Å². The minimum Gasteiger partial charge on any atom is -0.387 e. The molecule has 0 bridgehead atoms. The number of nitrogens with two attached hydrogens (primary N) is 2. The molecule has 0 aromatic carbocycles. The van der Waals surface area contributed by atoms with Gasteiger partial charge >= 0.3 is 36.5 Å². The summed E-state index contributed by atoms with van der Waals surface area (Å²) in [5.74, 6) is -2.55. The predicted octanol–water partition coefficient (Wildman–Crippen LogP) is -4.32. The van der Waals surface area contributed by atoms with Crippen molar-refractivity contribution in [2.45, 2.75) is 49.1 Å². The number of hydrogen-bond acceptors (Lipinski definition) is 21. The molecule has 2 saturated heterocycles. The number of aryl methyl sites for hydroxylation is 1. The summed E-state index contributed by atoms with van der Waals surface area (Å²) in [5.41, 5.74) is 9.27. The van der Waals surface area contributed by atoms with E-state index in [1.54, 1.807) is 0 Å². The number of imidazole rings is 2. The third-order valence-corrected chi connectivity index (χ3v) is 15.5. The lowest BCUT2D eigenvalue weighted by atomic mass is 10.1. The van der Waals surface area contributed by atoms with Gasteiger partial charge in [0.15, 0.2) is 29.6 Å². The Morgan fingerprint density at radius 1 is 0.821 bits per heavy atom. The molecular formula is C22H33N10O20P4+. The van der Waals surface area contributed by atoms with Gasteiger partial charge in [0.2, 0.25) is 17.7 Å². The van der Waals surface area contributed by atoms with E-state index in [9.17, 15) is 67.8 Å². The highest BCUT2D eigenvalue weighted by Gasteiger charge is 2.50. The van der Waals surface area contributed by atoms with E-state index >= 15 is 0 Å². The number of ether oxygens (including phenoxy) is 2. The molecule has 14 N–H and O–H groups in total. The molecule has 2 aliphatic heterocycles. The molecule has 0 amide bonds. The van der Waals surface area contributed by atoms with E-state index in [1.807, 2.05) is 0 Å². The summed E-state index contributed by atoms with van der Waals surface area (Å²) in [6, 6.07) is 0. The van der Waals surface area contributed by atoms with Crippen LogP contribution in [0.2, 0.25) is 0 Å². The Balaban J connectivity index is 1.03. The number of aromatic nitrogens is 8. The van der Waals surface area contributed by atoms with Crippen LogP contribution in [0.3, 0.4) is 0 Å². The Labute approximate surface area is 309 Å². The Hall–Kier alpha value is -3.34. The number of anilines is 2. The summed E-state index contributed by atoms with van der Waals surface area (Å²) in [6.07, 6.45) is -11.2. The maximum atomic E-state index is 12.7. The molecule has 310 valence electrons. The Kier molecular flexibility index (Phi) is 11.4. The number of fused-ring (bicyclic) bond motifs is 2. The second-order valence-corrected chi connectivity index (χ2v) is 19.6. The largest absolute Gasteiger partial charge is 0.488 e. The summed E-state index contributed by atoms with van der Waals surface area (Å²) in [4.78, 5) is 80.9. The van der Waals surface area contributed by atoms with E-state index < -0.39 is 110 Å². The molecule has 2 fully saturated rings. The summed E-state index contributed by atoms with van der Waals surface area (Å²) >= 11 is 0. The Morgan fingerprint density at radius 2 is 1.43 bits per heavy atom. The van der Waals surface area contributed by atoms with Gasteiger partial charge < -0.3 is 65.5 Å². The minimum atomic E-state index is -6.12. The summed E-state index contributed by atoms with van der Waals surface area (Å²) in [6.45, 7) is -2.18. The van der Waals surface area contributed by atoms with Gasteiger partial charge in [-0.15, -0.1) is 0 Å². The Morgan fingerprint density at radius 3 is 2.12 bits per heavy atom. The first-order valence-electron chi connectivity index (χ1n) is 15.4. The number of aromatic amines is 2. The van der Waals surface area contributed by atoms with Crippen LogP contribution in [-0.2, 0) is 52.5 Å². The zero-order valence-corrected chi connectivity index (χ0v) is 31.6. The maximum Gasteiger partial charge on any atom is 0.488 e. The lowest BCUT2D eigenvalue weighted by Crippen LogP contribution is -2.46. The molecule has 4 aromatic heterocycles. The molecule has 56 heavy (non-hydrogen) atoms. The summed E-state index contributed by atoms with van der Waals surface area (Å²) in [5, 5.41) is 42.1. The average Bonchev–Trinajstić information content (AvgIpc) is 3.77. The standard InChI is InChI=1S/C22H32N10O20P4/c1-30-5-32(16-10(30)18(38)29-22(24)27-16)20-14(36)11(33)7(50-20)2-47-53(39,40)6-54(41,42)51-56(45,46)52-55(43,44)48-3-8-12(34)13(35)19(49-8)31-4-25-9-15(31)26-21(23)28-17(9)37/h4-5,7-8,11-14,19-20,33-36H,2-3,6H2,1H3,(H9-,23,24,26,27,28,29,37,38,39,40,41,42,43,44,45,46)/p+1/t7-,8-,11-,12-,13-,14-,19-,20-/m1/s1. The summed E-state index contributed by atoms with van der Waals surface area (Å²) in [7, 11) is -21.5. The van der Waals surface area contributed by atoms with Gasteiger partial charge in [-0.05, 0) is 0 Å². The SMILES string of the molecule is Cn1c[n+]([C@@H]2O[C@H](COP(=O)(O)CP(=O)(O)OP(=O)(O)OP(=O)(O)OC[C@H]3O[C@@H](n4cnc5c(=O)[nH]c(N)nc54)[C@H](O)[C@@H]3O)[C@@H](O)[C@H]2O)c2nc(N)[nH]c(=O)c21. The first-order chi connectivity index (χ1) is 25.9. The molecular weight excluding hydrogens is 848 g/mol. The molecule has 30 nitrogen and oxygen atoms in total. The number of phosphoric ester groups is 1. The third-order valence-electron chi connectivity index (χ3n) is 8.10. The fourth-order valence-electron chi connectivity index (χ4n) is 5.76. The predicted molar refractivity (Wildman–Crippen MR) is 179 cm³/mol. The van der Waals surface area contributed by atoms with Crippen LogP contribution < -0.4 is 27.2 Å². The number of H-pyrrole nitrogens is 2. The van der Waals surface area contributed by atoms with Gasteiger partial charge in [0.25, 0.3) is 17.1 Å². The topological polar surface area (TPSA) is 456 Å². The van der Waals surface area contributed by atoms with Crippen molar-refractivity contribution in [1.82, 2.24) is 34.1 Å². The molecule has 0 spiro atoms. The number of nitrogens with zero attached hydrogens (tertiary/aromatic N) is 6. The van der Waals surface area contributed by atoms with Crippen LogP contribution in [0.15, 0.2) is 22.2 Å². The van der Waals surface area contributed by atoms with Crippen molar-refractivity contribution >= 4 is 65.1 Å². The van der Waals surface area contributed by atoms with Crippen molar-refractivity contribution in [3.63, 3.8) is 0 Å². The molecule has 0 saturated carbocycles. The number of aliphatic hydroxyl groups is 4. The zero-order chi connectivity index (χ0) is 41.3. The quantitative estimate of drug-likeness (QED) is 0.0421. The van der Waals surface area contributed by atoms with E-state index in [4.69, 9.17) is 25.5 Å². The lowest BCUT2D eigenvalue weighted by Gasteiger charge is -2.22. The number of hydrogen-bond donors (Lipinski definition) is 12. The van der Waals surface area contributed by atoms with Gasteiger partial charge in [-0.3, -0.25) is 42.3 Å². The number of nitrogens with one attached hydrogen (secondary N) is 2. The van der Waals surface area contributed by atoms with Gasteiger partial charge in [0, 0.05) is 0 Å². The number of rotatable bonds is 14. The van der Waals surface area contributed by atoms with Gasteiger partial charge in [0.05, 0.1) is 26.6 Å². The van der Waals surface area contributed by atoms with Gasteiger partial charge in [-0.1, -0.05) is 4.98 Å². The molecule has 6 rings (SSSR count). The van der Waals surface area contributed by atoms with Crippen molar-refractivity contribution in [2.75, 3.05) is 30.6 Å². The molecule has 4 aromatic rings. The van der Waals surface area contributed by atoms with Crippen molar-refractivity contribution in [1.29, 1.82) is 0 Å². The van der Waals surface area contributed by atoms with Crippen LogP contribution in [0.1, 0.15) is 12.5 Å². The molecule has 34 heteroatoms. The Bertz CT molecular complexity index is 2470. The minimum absolute atomic E-state index is 0.00256. The van der Waals surface area contributed by atoms with Crippen molar-refractivity contribution < 1.29 is 90.0 Å². The van der Waals surface area contributed by atoms with Crippen LogP contribution in [0.4, 0.5) is 11.9 Å². The van der Waals surface area contributed by atoms with Crippen molar-refractivity contribution in [3.8, 4) is 0 Å². The highest BCUT2D eigenvalue weighted by Crippen LogP contribution is 2.70. The van der Waals surface area contributed by atoms with Crippen molar-refractivity contribution in [3.05, 3.63) is 33.4 Å². The van der Waals surface area contributed by atoms with Crippen LogP contribution in [0, 0.1) is 0 Å². The highest BCUT2D eigenvalue weighted by molar-refractivity contribution is 7.75. The van der Waals surface area contributed by atoms with Gasteiger partial charge in [0.1, 0.15) is 36.6 Å². The van der Waals surface area contributed by atoms with Crippen molar-refractivity contribution in [2.24, 2.45) is 7.05 Å². The number of aliphatic hydroxyl groups excluding tert-OH is 4. The molecule has 12 atom stereocenters. The fraction of sp³-hybridized carbons (Fsp3) is 0.545. The molecule has 6 heterocycles. The number of nitrogen functional groups attached to an aromatic ring is 2. The first-order valence-corrected chi connectivity index (χ1v) is 21.9. The summed E-state index contributed by atoms with van der Waals surface area (Å²) < 4.78 is 81.9. The van der Waals surface area contributed by atoms with Crippen LogP contribution in [-0.4, -0.2) is 130 Å². The normalized spacial score (nSPS) is 29.9. The first kappa shape index (κ1) is 42.3. The molecule has 4 unspecified atom stereocenters. The second-order valence-electron chi connectivity index (χ2n) is 12.2. The van der Waals surface area contributed by atoms with Crippen LogP contribution >= 0.6 is 30.8 Å². The van der Waals surface area contributed by atoms with E-state index in [-0.39, 0.29) is 34.2 Å². The zero-order valence-electron chi connectivity index (χ0n) is 28.0. The smallest absolute Gasteiger partial charge is 0.387 e. The van der Waals surface area contributed by atoms with E-state index in [2.05, 4.69) is 38.1 Å². The van der Waals surface area contributed by atoms with Gasteiger partial charge in [-0.2, -0.15) is 9.29 Å². The fourth-order valence-corrected chi connectivity index (χ4v) is 12.2. The lowest BCUT2D eigenvalue weighted by molar-refractivity contribution is -0.745.